The highest BCUT2D eigenvalue weighted by atomic mass is 19.1. The predicted octanol–water partition coefficient (Wildman–Crippen LogP) is 7.10. The molecule has 0 aliphatic rings. The fraction of sp³-hybridized carbons (Fsp3) is 0.167. The molecule has 190 valence electrons. The number of ether oxygens (including phenoxy) is 3. The van der Waals surface area contributed by atoms with Crippen LogP contribution in [0.3, 0.4) is 0 Å². The SMILES string of the molecule is CCc1cc(-c2ccc(F)cc2)c(O)cc1OCCCOc1cccc(Oc2ccc(C(=O)O)cc2)c1. The van der Waals surface area contributed by atoms with Gasteiger partial charge in [0.05, 0.1) is 18.8 Å². The lowest BCUT2D eigenvalue weighted by Crippen LogP contribution is -2.06. The third-order valence-corrected chi connectivity index (χ3v) is 5.67. The summed E-state index contributed by atoms with van der Waals surface area (Å²) in [5.41, 5.74) is 2.50. The van der Waals surface area contributed by atoms with Crippen molar-refractivity contribution in [1.82, 2.24) is 0 Å². The molecule has 4 aromatic carbocycles. The first kappa shape index (κ1) is 25.6. The van der Waals surface area contributed by atoms with Crippen LogP contribution in [-0.4, -0.2) is 29.4 Å². The van der Waals surface area contributed by atoms with Crippen LogP contribution in [0.1, 0.15) is 29.3 Å². The van der Waals surface area contributed by atoms with E-state index >= 15 is 0 Å². The Balaban J connectivity index is 1.29. The van der Waals surface area contributed by atoms with Crippen LogP contribution in [-0.2, 0) is 6.42 Å². The first-order chi connectivity index (χ1) is 17.9. The Labute approximate surface area is 214 Å². The van der Waals surface area contributed by atoms with Gasteiger partial charge < -0.3 is 24.4 Å². The van der Waals surface area contributed by atoms with Gasteiger partial charge in [0, 0.05) is 24.1 Å². The quantitative estimate of drug-likeness (QED) is 0.213. The fourth-order valence-corrected chi connectivity index (χ4v) is 3.75. The Hall–Kier alpha value is -4.52. The van der Waals surface area contributed by atoms with Crippen LogP contribution in [0, 0.1) is 5.82 Å². The summed E-state index contributed by atoms with van der Waals surface area (Å²) in [5.74, 6) is 1.09. The van der Waals surface area contributed by atoms with Gasteiger partial charge in [-0.05, 0) is 72.1 Å². The van der Waals surface area contributed by atoms with Gasteiger partial charge in [0.1, 0.15) is 34.6 Å². The minimum absolute atomic E-state index is 0.0736. The van der Waals surface area contributed by atoms with Crippen LogP contribution in [0.15, 0.2) is 84.9 Å². The molecule has 2 N–H and O–H groups in total. The summed E-state index contributed by atoms with van der Waals surface area (Å²) in [5, 5.41) is 19.5. The van der Waals surface area contributed by atoms with Crippen molar-refractivity contribution < 1.29 is 33.6 Å². The Morgan fingerprint density at radius 3 is 2.24 bits per heavy atom. The second kappa shape index (κ2) is 11.9. The van der Waals surface area contributed by atoms with Gasteiger partial charge in [0.2, 0.25) is 0 Å². The van der Waals surface area contributed by atoms with E-state index < -0.39 is 5.97 Å². The predicted molar refractivity (Wildman–Crippen MR) is 138 cm³/mol. The van der Waals surface area contributed by atoms with Crippen molar-refractivity contribution in [2.24, 2.45) is 0 Å². The number of hydrogen-bond donors (Lipinski definition) is 2. The number of aromatic hydroxyl groups is 1. The highest BCUT2D eigenvalue weighted by molar-refractivity contribution is 5.87. The molecule has 0 atom stereocenters. The Kier molecular flexibility index (Phi) is 8.26. The number of rotatable bonds is 11. The molecule has 0 bridgehead atoms. The van der Waals surface area contributed by atoms with Gasteiger partial charge in [-0.25, -0.2) is 9.18 Å². The van der Waals surface area contributed by atoms with Crippen molar-refractivity contribution >= 4 is 5.97 Å². The maximum atomic E-state index is 13.3. The van der Waals surface area contributed by atoms with Crippen LogP contribution in [0.25, 0.3) is 11.1 Å². The minimum atomic E-state index is -0.990. The number of carboxylic acids is 1. The lowest BCUT2D eigenvalue weighted by molar-refractivity contribution is 0.0697. The molecule has 4 aromatic rings. The number of carboxylic acid groups (broad SMARTS) is 1. The van der Waals surface area contributed by atoms with Crippen molar-refractivity contribution in [2.45, 2.75) is 19.8 Å². The Morgan fingerprint density at radius 1 is 0.838 bits per heavy atom. The molecule has 0 amide bonds. The smallest absolute Gasteiger partial charge is 0.335 e. The number of halogens is 1. The van der Waals surface area contributed by atoms with Crippen molar-refractivity contribution in [2.75, 3.05) is 13.2 Å². The molecule has 6 nitrogen and oxygen atoms in total. The van der Waals surface area contributed by atoms with Crippen molar-refractivity contribution in [3.63, 3.8) is 0 Å². The van der Waals surface area contributed by atoms with E-state index in [9.17, 15) is 14.3 Å². The summed E-state index contributed by atoms with van der Waals surface area (Å²) in [4.78, 5) is 11.0. The summed E-state index contributed by atoms with van der Waals surface area (Å²) in [6.07, 6.45) is 1.33. The lowest BCUT2D eigenvalue weighted by Gasteiger charge is -2.14. The monoisotopic (exact) mass is 502 g/mol. The third kappa shape index (κ3) is 6.79. The zero-order chi connectivity index (χ0) is 26.2. The largest absolute Gasteiger partial charge is 0.507 e. The normalized spacial score (nSPS) is 10.6. The van der Waals surface area contributed by atoms with E-state index in [1.807, 2.05) is 25.1 Å². The maximum absolute atomic E-state index is 13.3. The number of carbonyl (C=O) groups is 1. The number of phenolic OH excluding ortho intramolecular Hbond substituents is 1. The molecule has 0 fully saturated rings. The Bertz CT molecular complexity index is 1350. The number of aromatic carboxylic acids is 1. The molecule has 0 saturated carbocycles. The first-order valence-electron chi connectivity index (χ1n) is 11.9. The van der Waals surface area contributed by atoms with Crippen LogP contribution in [0.2, 0.25) is 0 Å². The topological polar surface area (TPSA) is 85.2 Å². The summed E-state index contributed by atoms with van der Waals surface area (Å²) >= 11 is 0. The molecule has 4 rings (SSSR count). The number of aryl methyl sites for hydroxylation is 1. The van der Waals surface area contributed by atoms with Crippen LogP contribution >= 0.6 is 0 Å². The molecule has 0 heterocycles. The van der Waals surface area contributed by atoms with E-state index in [4.69, 9.17) is 19.3 Å². The molecule has 0 aliphatic heterocycles. The first-order valence-corrected chi connectivity index (χ1v) is 11.9. The standard InChI is InChI=1S/C30H27FO6/c1-2-20-17-27(21-7-11-23(31)12-8-21)28(32)19-29(20)36-16-4-15-35-25-5-3-6-26(18-25)37-24-13-9-22(10-14-24)30(33)34/h3,5-14,17-19,32H,2,4,15-16H2,1H3,(H,33,34). The van der Waals surface area contributed by atoms with Gasteiger partial charge in [-0.3, -0.25) is 0 Å². The summed E-state index contributed by atoms with van der Waals surface area (Å²) in [6.45, 7) is 2.82. The maximum Gasteiger partial charge on any atom is 0.335 e. The van der Waals surface area contributed by atoms with E-state index in [1.165, 1.54) is 24.3 Å². The summed E-state index contributed by atoms with van der Waals surface area (Å²) < 4.78 is 30.8. The molecule has 0 saturated heterocycles. The van der Waals surface area contributed by atoms with Gasteiger partial charge in [0.15, 0.2) is 0 Å². The highest BCUT2D eigenvalue weighted by Crippen LogP contribution is 2.36. The van der Waals surface area contributed by atoms with Gasteiger partial charge in [-0.1, -0.05) is 25.1 Å². The second-order valence-corrected chi connectivity index (χ2v) is 8.29. The van der Waals surface area contributed by atoms with E-state index in [0.717, 1.165) is 11.1 Å². The zero-order valence-electron chi connectivity index (χ0n) is 20.3. The van der Waals surface area contributed by atoms with Gasteiger partial charge >= 0.3 is 5.97 Å². The van der Waals surface area contributed by atoms with E-state index in [-0.39, 0.29) is 17.1 Å². The number of hydrogen-bond acceptors (Lipinski definition) is 5. The summed E-state index contributed by atoms with van der Waals surface area (Å²) in [7, 11) is 0. The van der Waals surface area contributed by atoms with Crippen LogP contribution in [0.4, 0.5) is 4.39 Å². The number of phenols is 1. The van der Waals surface area contributed by atoms with Crippen LogP contribution in [0.5, 0.6) is 28.7 Å². The molecule has 37 heavy (non-hydrogen) atoms. The van der Waals surface area contributed by atoms with Gasteiger partial charge in [-0.15, -0.1) is 0 Å². The third-order valence-electron chi connectivity index (χ3n) is 5.67. The molecule has 0 unspecified atom stereocenters. The second-order valence-electron chi connectivity index (χ2n) is 8.29. The summed E-state index contributed by atoms with van der Waals surface area (Å²) in [6, 6.07) is 22.8. The molecular weight excluding hydrogens is 475 g/mol. The fourth-order valence-electron chi connectivity index (χ4n) is 3.75. The molecule has 0 aliphatic carbocycles. The average molecular weight is 503 g/mol. The van der Waals surface area contributed by atoms with Crippen molar-refractivity contribution in [3.8, 4) is 39.9 Å². The average Bonchev–Trinajstić information content (AvgIpc) is 2.90. The molecule has 0 radical (unpaired) electrons. The molecular formula is C30H27FO6. The van der Waals surface area contributed by atoms with E-state index in [0.29, 0.717) is 54.6 Å². The molecule has 0 aromatic heterocycles. The van der Waals surface area contributed by atoms with Gasteiger partial charge in [-0.2, -0.15) is 0 Å². The van der Waals surface area contributed by atoms with Crippen molar-refractivity contribution in [3.05, 3.63) is 102 Å². The minimum Gasteiger partial charge on any atom is -0.507 e. The molecule has 0 spiro atoms. The lowest BCUT2D eigenvalue weighted by atomic mass is 10.00. The number of benzene rings is 4. The highest BCUT2D eigenvalue weighted by Gasteiger charge is 2.12. The Morgan fingerprint density at radius 2 is 1.54 bits per heavy atom. The van der Waals surface area contributed by atoms with E-state index in [2.05, 4.69) is 0 Å². The molecule has 7 heteroatoms. The zero-order valence-corrected chi connectivity index (χ0v) is 20.3. The van der Waals surface area contributed by atoms with Crippen molar-refractivity contribution in [1.29, 1.82) is 0 Å². The van der Waals surface area contributed by atoms with Gasteiger partial charge in [0.25, 0.3) is 0 Å². The van der Waals surface area contributed by atoms with E-state index in [1.54, 1.807) is 42.5 Å². The van der Waals surface area contributed by atoms with Crippen LogP contribution < -0.4 is 14.2 Å².